The van der Waals surface area contributed by atoms with Crippen LogP contribution in [0.2, 0.25) is 0 Å². The molecule has 1 amide bonds. The number of carbonyl (C=O) groups is 1. The average molecular weight is 415 g/mol. The fourth-order valence-corrected chi connectivity index (χ4v) is 4.97. The van der Waals surface area contributed by atoms with E-state index < -0.39 is 0 Å². The highest BCUT2D eigenvalue weighted by Crippen LogP contribution is 2.30. The van der Waals surface area contributed by atoms with E-state index >= 15 is 0 Å². The van der Waals surface area contributed by atoms with Crippen molar-refractivity contribution in [1.82, 2.24) is 15.1 Å². The lowest BCUT2D eigenvalue weighted by atomic mass is 9.88. The van der Waals surface area contributed by atoms with Gasteiger partial charge in [-0.1, -0.05) is 6.07 Å². The smallest absolute Gasteiger partial charge is 0.225 e. The fourth-order valence-electron chi connectivity index (χ4n) is 4.97. The number of hydrogen-bond donors (Lipinski definition) is 2. The number of hydrogen-bond acceptors (Lipinski definition) is 4. The van der Waals surface area contributed by atoms with E-state index in [2.05, 4.69) is 21.3 Å². The van der Waals surface area contributed by atoms with Crippen molar-refractivity contribution in [2.45, 2.75) is 45.1 Å². The monoisotopic (exact) mass is 414 g/mol. The lowest BCUT2D eigenvalue weighted by Crippen LogP contribution is -2.49. The number of amides is 1. The molecule has 0 aromatic heterocycles. The highest BCUT2D eigenvalue weighted by molar-refractivity contribution is 5.82. The molecule has 2 saturated heterocycles. The third-order valence-electron chi connectivity index (χ3n) is 6.73. The molecule has 2 heterocycles. The SMILES string of the molecule is CN=C(NCc1c(O)ccc2c1CCCC2)N1CCC(C(=O)N2CCOCC2)CC1. The molecule has 2 fully saturated rings. The Labute approximate surface area is 179 Å². The molecule has 0 saturated carbocycles. The van der Waals surface area contributed by atoms with Crippen LogP contribution in [0, 0.1) is 5.92 Å². The zero-order valence-electron chi connectivity index (χ0n) is 18.0. The van der Waals surface area contributed by atoms with E-state index in [-0.39, 0.29) is 11.8 Å². The maximum absolute atomic E-state index is 12.8. The van der Waals surface area contributed by atoms with Gasteiger partial charge in [-0.2, -0.15) is 0 Å². The molecule has 0 radical (unpaired) electrons. The summed E-state index contributed by atoms with van der Waals surface area (Å²) in [7, 11) is 1.80. The quantitative estimate of drug-likeness (QED) is 0.584. The van der Waals surface area contributed by atoms with Gasteiger partial charge >= 0.3 is 0 Å². The Morgan fingerprint density at radius 1 is 1.13 bits per heavy atom. The van der Waals surface area contributed by atoms with Crippen molar-refractivity contribution in [2.75, 3.05) is 46.4 Å². The number of carbonyl (C=O) groups excluding carboxylic acids is 1. The van der Waals surface area contributed by atoms with Crippen molar-refractivity contribution < 1.29 is 14.6 Å². The number of phenols is 1. The second-order valence-electron chi connectivity index (χ2n) is 8.51. The van der Waals surface area contributed by atoms with Gasteiger partial charge in [0.15, 0.2) is 5.96 Å². The molecule has 0 atom stereocenters. The zero-order chi connectivity index (χ0) is 20.9. The van der Waals surface area contributed by atoms with Gasteiger partial charge in [-0.15, -0.1) is 0 Å². The van der Waals surface area contributed by atoms with E-state index in [1.54, 1.807) is 7.05 Å². The summed E-state index contributed by atoms with van der Waals surface area (Å²) in [4.78, 5) is 21.4. The molecule has 0 bridgehead atoms. The summed E-state index contributed by atoms with van der Waals surface area (Å²) in [5.74, 6) is 1.60. The van der Waals surface area contributed by atoms with Crippen LogP contribution in [0.1, 0.15) is 42.4 Å². The van der Waals surface area contributed by atoms with Gasteiger partial charge in [-0.25, -0.2) is 0 Å². The average Bonchev–Trinajstić information content (AvgIpc) is 2.81. The van der Waals surface area contributed by atoms with E-state index in [0.717, 1.165) is 50.3 Å². The minimum absolute atomic E-state index is 0.0997. The summed E-state index contributed by atoms with van der Waals surface area (Å²) < 4.78 is 5.36. The normalized spacial score (nSPS) is 20.8. The number of aliphatic imine (C=N–C) groups is 1. The Kier molecular flexibility index (Phi) is 6.77. The summed E-state index contributed by atoms with van der Waals surface area (Å²) in [5.41, 5.74) is 3.68. The maximum atomic E-state index is 12.8. The maximum Gasteiger partial charge on any atom is 0.225 e. The van der Waals surface area contributed by atoms with E-state index in [9.17, 15) is 9.90 Å². The number of ether oxygens (including phenoxy) is 1. The Morgan fingerprint density at radius 3 is 2.60 bits per heavy atom. The molecular formula is C23H34N4O3. The lowest BCUT2D eigenvalue weighted by Gasteiger charge is -2.36. The van der Waals surface area contributed by atoms with E-state index in [1.165, 1.54) is 24.0 Å². The molecule has 164 valence electrons. The van der Waals surface area contributed by atoms with E-state index in [4.69, 9.17) is 4.74 Å². The van der Waals surface area contributed by atoms with Gasteiger partial charge in [0.05, 0.1) is 13.2 Å². The third kappa shape index (κ3) is 4.56. The Morgan fingerprint density at radius 2 is 1.87 bits per heavy atom. The molecule has 4 rings (SSSR count). The van der Waals surface area contributed by atoms with Gasteiger partial charge in [-0.05, 0) is 55.7 Å². The molecule has 1 aromatic rings. The molecule has 0 unspecified atom stereocenters. The molecule has 7 heteroatoms. The molecule has 2 aliphatic heterocycles. The number of guanidine groups is 1. The molecular weight excluding hydrogens is 380 g/mol. The number of phenolic OH excluding ortho intramolecular Hbond substituents is 1. The van der Waals surface area contributed by atoms with Crippen LogP contribution in [-0.4, -0.2) is 73.2 Å². The van der Waals surface area contributed by atoms with Crippen molar-refractivity contribution in [2.24, 2.45) is 10.9 Å². The molecule has 1 aromatic carbocycles. The summed E-state index contributed by atoms with van der Waals surface area (Å²) >= 11 is 0. The van der Waals surface area contributed by atoms with Gasteiger partial charge in [0, 0.05) is 51.3 Å². The predicted molar refractivity (Wildman–Crippen MR) is 117 cm³/mol. The van der Waals surface area contributed by atoms with E-state index in [1.807, 2.05) is 11.0 Å². The first-order valence-electron chi connectivity index (χ1n) is 11.3. The number of aryl methyl sites for hydroxylation is 1. The second-order valence-corrected chi connectivity index (χ2v) is 8.51. The predicted octanol–water partition coefficient (Wildman–Crippen LogP) is 1.92. The van der Waals surface area contributed by atoms with Crippen LogP contribution in [0.15, 0.2) is 17.1 Å². The van der Waals surface area contributed by atoms with Crippen molar-refractivity contribution in [1.29, 1.82) is 0 Å². The van der Waals surface area contributed by atoms with Crippen molar-refractivity contribution in [3.05, 3.63) is 28.8 Å². The molecule has 30 heavy (non-hydrogen) atoms. The number of nitrogens with one attached hydrogen (secondary N) is 1. The largest absolute Gasteiger partial charge is 0.508 e. The summed E-state index contributed by atoms with van der Waals surface area (Å²) in [6.45, 7) is 4.95. The fraction of sp³-hybridized carbons (Fsp3) is 0.652. The highest BCUT2D eigenvalue weighted by atomic mass is 16.5. The molecule has 0 spiro atoms. The van der Waals surface area contributed by atoms with Crippen LogP contribution in [0.4, 0.5) is 0 Å². The van der Waals surface area contributed by atoms with Crippen molar-refractivity contribution in [3.63, 3.8) is 0 Å². The second kappa shape index (κ2) is 9.69. The third-order valence-corrected chi connectivity index (χ3v) is 6.73. The van der Waals surface area contributed by atoms with Crippen LogP contribution in [0.3, 0.4) is 0 Å². The number of piperidine rings is 1. The van der Waals surface area contributed by atoms with Crippen LogP contribution in [0.5, 0.6) is 5.75 Å². The molecule has 3 aliphatic rings. The number of benzene rings is 1. The number of nitrogens with zero attached hydrogens (tertiary/aromatic N) is 3. The lowest BCUT2D eigenvalue weighted by molar-refractivity contribution is -0.140. The number of likely N-dealkylation sites (tertiary alicyclic amines) is 1. The number of aromatic hydroxyl groups is 1. The summed E-state index contributed by atoms with van der Waals surface area (Å²) in [5, 5.41) is 13.9. The minimum Gasteiger partial charge on any atom is -0.508 e. The first kappa shape index (κ1) is 21.0. The highest BCUT2D eigenvalue weighted by Gasteiger charge is 2.30. The number of rotatable bonds is 3. The van der Waals surface area contributed by atoms with E-state index in [0.29, 0.717) is 38.6 Å². The van der Waals surface area contributed by atoms with Crippen LogP contribution >= 0.6 is 0 Å². The van der Waals surface area contributed by atoms with Crippen molar-refractivity contribution in [3.8, 4) is 5.75 Å². The zero-order valence-corrected chi connectivity index (χ0v) is 18.0. The van der Waals surface area contributed by atoms with Gasteiger partial charge < -0.3 is 25.0 Å². The van der Waals surface area contributed by atoms with Crippen LogP contribution in [-0.2, 0) is 28.9 Å². The minimum atomic E-state index is 0.0997. The molecule has 7 nitrogen and oxygen atoms in total. The Balaban J connectivity index is 1.33. The molecule has 2 N–H and O–H groups in total. The Hall–Kier alpha value is -2.28. The first-order valence-corrected chi connectivity index (χ1v) is 11.3. The number of morpholine rings is 1. The van der Waals surface area contributed by atoms with Crippen LogP contribution < -0.4 is 5.32 Å². The van der Waals surface area contributed by atoms with Gasteiger partial charge in [0.2, 0.25) is 5.91 Å². The van der Waals surface area contributed by atoms with Gasteiger partial charge in [0.25, 0.3) is 0 Å². The standard InChI is InChI=1S/C23H34N4O3/c1-24-23(25-16-20-19-5-3-2-4-17(19)6-7-21(20)28)27-10-8-18(9-11-27)22(29)26-12-14-30-15-13-26/h6-7,18,28H,2-5,8-16H2,1H3,(H,24,25). The van der Waals surface area contributed by atoms with Gasteiger partial charge in [-0.3, -0.25) is 9.79 Å². The van der Waals surface area contributed by atoms with Crippen LogP contribution in [0.25, 0.3) is 0 Å². The van der Waals surface area contributed by atoms with Gasteiger partial charge in [0.1, 0.15) is 5.75 Å². The van der Waals surface area contributed by atoms with Crippen molar-refractivity contribution >= 4 is 11.9 Å². The topological polar surface area (TPSA) is 77.4 Å². The molecule has 1 aliphatic carbocycles. The first-order chi connectivity index (χ1) is 14.7. The summed E-state index contributed by atoms with van der Waals surface area (Å²) in [6.07, 6.45) is 6.25. The Bertz CT molecular complexity index is 781. The summed E-state index contributed by atoms with van der Waals surface area (Å²) in [6, 6.07) is 3.89. The number of fused-ring (bicyclic) bond motifs is 1.